The normalized spacial score (nSPS) is 37.1. The maximum Gasteiger partial charge on any atom is 0.0864 e. The number of aliphatic hydroxyl groups is 1. The van der Waals surface area contributed by atoms with Gasteiger partial charge in [-0.15, -0.1) is 0 Å². The molecule has 0 aromatic carbocycles. The van der Waals surface area contributed by atoms with Gasteiger partial charge in [-0.1, -0.05) is 13.8 Å². The van der Waals surface area contributed by atoms with Gasteiger partial charge in [0.2, 0.25) is 0 Å². The number of nitrogens with two attached hydrogens (primary N) is 1. The molecule has 3 N–H and O–H groups in total. The van der Waals surface area contributed by atoms with Crippen molar-refractivity contribution in [2.75, 3.05) is 18.1 Å². The monoisotopic (exact) mass is 175 g/mol. The fraction of sp³-hybridized carbons (Fsp3) is 1.00. The number of hydrogen-bond acceptors (Lipinski definition) is 3. The van der Waals surface area contributed by atoms with Gasteiger partial charge in [-0.3, -0.25) is 0 Å². The van der Waals surface area contributed by atoms with Crippen LogP contribution in [0.25, 0.3) is 0 Å². The topological polar surface area (TPSA) is 46.2 Å². The number of hydrogen-bond donors (Lipinski definition) is 2. The summed E-state index contributed by atoms with van der Waals surface area (Å²) >= 11 is 1.80. The van der Waals surface area contributed by atoms with Gasteiger partial charge in [-0.05, 0) is 17.6 Å². The molecule has 1 unspecified atom stereocenters. The predicted octanol–water partition coefficient (Wildman–Crippen LogP) is 0.839. The van der Waals surface area contributed by atoms with E-state index in [-0.39, 0.29) is 5.41 Å². The Morgan fingerprint density at radius 3 is 2.45 bits per heavy atom. The molecule has 1 aliphatic rings. The van der Waals surface area contributed by atoms with Crippen molar-refractivity contribution in [3.63, 3.8) is 0 Å². The van der Waals surface area contributed by atoms with E-state index in [9.17, 15) is 5.11 Å². The van der Waals surface area contributed by atoms with E-state index in [0.717, 1.165) is 17.9 Å². The summed E-state index contributed by atoms with van der Waals surface area (Å²) in [7, 11) is 0. The highest BCUT2D eigenvalue weighted by atomic mass is 32.2. The van der Waals surface area contributed by atoms with Gasteiger partial charge < -0.3 is 10.8 Å². The summed E-state index contributed by atoms with van der Waals surface area (Å²) in [5.74, 6) is 1.93. The highest BCUT2D eigenvalue weighted by Gasteiger charge is 2.37. The summed E-state index contributed by atoms with van der Waals surface area (Å²) < 4.78 is 0. The van der Waals surface area contributed by atoms with Crippen molar-refractivity contribution in [3.8, 4) is 0 Å². The molecule has 0 bridgehead atoms. The molecule has 1 aliphatic heterocycles. The first kappa shape index (κ1) is 9.36. The largest absolute Gasteiger partial charge is 0.388 e. The van der Waals surface area contributed by atoms with E-state index in [1.165, 1.54) is 0 Å². The molecule has 0 radical (unpaired) electrons. The number of rotatable bonds is 1. The zero-order valence-corrected chi connectivity index (χ0v) is 8.08. The first-order valence-corrected chi connectivity index (χ1v) is 5.13. The average molecular weight is 175 g/mol. The fourth-order valence-corrected chi connectivity index (χ4v) is 3.00. The lowest BCUT2D eigenvalue weighted by Gasteiger charge is -2.40. The van der Waals surface area contributed by atoms with Crippen molar-refractivity contribution in [2.24, 2.45) is 11.1 Å². The van der Waals surface area contributed by atoms with Crippen LogP contribution in [-0.2, 0) is 0 Å². The van der Waals surface area contributed by atoms with Crippen LogP contribution in [0.3, 0.4) is 0 Å². The molecule has 0 saturated carbocycles. The van der Waals surface area contributed by atoms with Gasteiger partial charge in [-0.25, -0.2) is 0 Å². The molecule has 11 heavy (non-hydrogen) atoms. The molecule has 1 rings (SSSR count). The van der Waals surface area contributed by atoms with Crippen LogP contribution in [0.15, 0.2) is 0 Å². The SMILES string of the molecule is CC1(C)CSCC(O)(CN)C1. The summed E-state index contributed by atoms with van der Waals surface area (Å²) in [5, 5.41) is 9.87. The molecule has 0 spiro atoms. The second kappa shape index (κ2) is 2.96. The molecule has 0 amide bonds. The van der Waals surface area contributed by atoms with Crippen LogP contribution in [0.4, 0.5) is 0 Å². The van der Waals surface area contributed by atoms with Crippen molar-refractivity contribution in [1.82, 2.24) is 0 Å². The van der Waals surface area contributed by atoms with Crippen molar-refractivity contribution in [3.05, 3.63) is 0 Å². The Morgan fingerprint density at radius 1 is 1.45 bits per heavy atom. The van der Waals surface area contributed by atoms with Crippen LogP contribution < -0.4 is 5.73 Å². The van der Waals surface area contributed by atoms with Crippen molar-refractivity contribution in [1.29, 1.82) is 0 Å². The van der Waals surface area contributed by atoms with E-state index < -0.39 is 5.60 Å². The summed E-state index contributed by atoms with van der Waals surface area (Å²) in [5.41, 5.74) is 5.14. The van der Waals surface area contributed by atoms with E-state index in [0.29, 0.717) is 6.54 Å². The lowest BCUT2D eigenvalue weighted by Crippen LogP contribution is -2.47. The minimum absolute atomic E-state index is 0.247. The quantitative estimate of drug-likeness (QED) is 0.621. The Balaban J connectivity index is 2.59. The third kappa shape index (κ3) is 2.36. The van der Waals surface area contributed by atoms with E-state index in [1.807, 2.05) is 0 Å². The van der Waals surface area contributed by atoms with E-state index >= 15 is 0 Å². The van der Waals surface area contributed by atoms with Crippen LogP contribution in [0.5, 0.6) is 0 Å². The molecular weight excluding hydrogens is 158 g/mol. The van der Waals surface area contributed by atoms with Crippen LogP contribution in [0.2, 0.25) is 0 Å². The first-order chi connectivity index (χ1) is 4.97. The highest BCUT2D eigenvalue weighted by Crippen LogP contribution is 2.38. The molecule has 1 saturated heterocycles. The fourth-order valence-electron chi connectivity index (χ4n) is 1.64. The summed E-state index contributed by atoms with van der Waals surface area (Å²) in [4.78, 5) is 0. The molecular formula is C8H17NOS. The molecule has 1 atom stereocenters. The Bertz CT molecular complexity index is 149. The molecule has 1 fully saturated rings. The molecule has 0 aliphatic carbocycles. The second-order valence-corrected chi connectivity index (χ2v) is 5.25. The van der Waals surface area contributed by atoms with Gasteiger partial charge >= 0.3 is 0 Å². The van der Waals surface area contributed by atoms with Crippen LogP contribution in [0.1, 0.15) is 20.3 Å². The smallest absolute Gasteiger partial charge is 0.0864 e. The first-order valence-electron chi connectivity index (χ1n) is 3.98. The third-order valence-electron chi connectivity index (χ3n) is 2.05. The average Bonchev–Trinajstić information content (AvgIpc) is 1.85. The highest BCUT2D eigenvalue weighted by molar-refractivity contribution is 7.99. The number of thioether (sulfide) groups is 1. The van der Waals surface area contributed by atoms with Crippen molar-refractivity contribution < 1.29 is 5.11 Å². The second-order valence-electron chi connectivity index (χ2n) is 4.26. The minimum Gasteiger partial charge on any atom is -0.388 e. The molecule has 0 aromatic rings. The van der Waals surface area contributed by atoms with E-state index in [4.69, 9.17) is 5.73 Å². The lowest BCUT2D eigenvalue weighted by atomic mass is 9.82. The molecule has 2 nitrogen and oxygen atoms in total. The van der Waals surface area contributed by atoms with Crippen LogP contribution in [-0.4, -0.2) is 28.8 Å². The standard InChI is InChI=1S/C8H17NOS/c1-7(2)3-8(10,4-9)6-11-5-7/h10H,3-6,9H2,1-2H3. The summed E-state index contributed by atoms with van der Waals surface area (Å²) in [6.07, 6.45) is 0.837. The zero-order chi connectivity index (χ0) is 8.54. The van der Waals surface area contributed by atoms with Crippen molar-refractivity contribution >= 4 is 11.8 Å². The molecule has 1 heterocycles. The zero-order valence-electron chi connectivity index (χ0n) is 7.26. The molecule has 3 heteroatoms. The maximum atomic E-state index is 9.87. The van der Waals surface area contributed by atoms with Gasteiger partial charge in [0, 0.05) is 12.3 Å². The van der Waals surface area contributed by atoms with Gasteiger partial charge in [0.15, 0.2) is 0 Å². The lowest BCUT2D eigenvalue weighted by molar-refractivity contribution is 0.0279. The van der Waals surface area contributed by atoms with E-state index in [1.54, 1.807) is 11.8 Å². The van der Waals surface area contributed by atoms with Gasteiger partial charge in [0.05, 0.1) is 5.60 Å². The van der Waals surface area contributed by atoms with Gasteiger partial charge in [0.25, 0.3) is 0 Å². The third-order valence-corrected chi connectivity index (χ3v) is 3.78. The van der Waals surface area contributed by atoms with Crippen molar-refractivity contribution in [2.45, 2.75) is 25.9 Å². The van der Waals surface area contributed by atoms with Crippen LogP contribution in [0, 0.1) is 5.41 Å². The van der Waals surface area contributed by atoms with Crippen LogP contribution >= 0.6 is 11.8 Å². The Hall–Kier alpha value is 0.270. The predicted molar refractivity (Wildman–Crippen MR) is 49.7 cm³/mol. The Kier molecular flexibility index (Phi) is 2.52. The maximum absolute atomic E-state index is 9.87. The molecule has 66 valence electrons. The minimum atomic E-state index is -0.605. The summed E-state index contributed by atoms with van der Waals surface area (Å²) in [6.45, 7) is 4.75. The Labute approximate surface area is 72.5 Å². The van der Waals surface area contributed by atoms with Gasteiger partial charge in [-0.2, -0.15) is 11.8 Å². The van der Waals surface area contributed by atoms with Gasteiger partial charge in [0.1, 0.15) is 0 Å². The molecule has 0 aromatic heterocycles. The Morgan fingerprint density at radius 2 is 2.09 bits per heavy atom. The summed E-state index contributed by atoms with van der Waals surface area (Å²) in [6, 6.07) is 0. The van der Waals surface area contributed by atoms with E-state index in [2.05, 4.69) is 13.8 Å².